The van der Waals surface area contributed by atoms with E-state index in [0.717, 1.165) is 10.00 Å². The third-order valence-corrected chi connectivity index (χ3v) is 8.60. The molecule has 0 unspecified atom stereocenters. The van der Waals surface area contributed by atoms with E-state index in [1.165, 1.54) is 47.3 Å². The van der Waals surface area contributed by atoms with Gasteiger partial charge in [0.15, 0.2) is 5.13 Å². The second-order valence-electron chi connectivity index (χ2n) is 9.65. The summed E-state index contributed by atoms with van der Waals surface area (Å²) in [5.41, 5.74) is 1.51. The molecule has 0 radical (unpaired) electrons. The average Bonchev–Trinajstić information content (AvgIpc) is 3.41. The molecule has 4 aromatic rings. The number of anilines is 2. The van der Waals surface area contributed by atoms with Gasteiger partial charge in [-0.15, -0.1) is 11.3 Å². The number of nitrogens with one attached hydrogen (secondary N) is 1. The molecule has 0 aliphatic heterocycles. The van der Waals surface area contributed by atoms with Crippen molar-refractivity contribution in [3.8, 4) is 5.69 Å². The van der Waals surface area contributed by atoms with E-state index in [2.05, 4.69) is 10.3 Å². The van der Waals surface area contributed by atoms with Crippen LogP contribution < -0.4 is 15.2 Å². The first kappa shape index (κ1) is 26.4. The number of thiazole rings is 1. The van der Waals surface area contributed by atoms with Gasteiger partial charge in [-0.2, -0.15) is 0 Å². The molecule has 0 spiro atoms. The second-order valence-corrected chi connectivity index (χ2v) is 12.5. The largest absolute Gasteiger partial charge is 0.298 e. The Bertz CT molecular complexity index is 1630. The van der Waals surface area contributed by atoms with Crippen LogP contribution in [0.25, 0.3) is 5.69 Å². The topological polar surface area (TPSA) is 106 Å². The van der Waals surface area contributed by atoms with Crippen LogP contribution in [0, 0.1) is 6.92 Å². The highest BCUT2D eigenvalue weighted by molar-refractivity contribution is 7.92. The Hall–Kier alpha value is -3.70. The van der Waals surface area contributed by atoms with Gasteiger partial charge in [0.25, 0.3) is 21.5 Å². The fraction of sp³-hybridized carbons (Fsp3) is 0.269. The monoisotopic (exact) mass is 539 g/mol. The first-order valence-corrected chi connectivity index (χ1v) is 13.8. The lowest BCUT2D eigenvalue weighted by Crippen LogP contribution is -2.32. The van der Waals surface area contributed by atoms with E-state index < -0.39 is 21.5 Å². The summed E-state index contributed by atoms with van der Waals surface area (Å²) in [6.07, 6.45) is 0. The highest BCUT2D eigenvalue weighted by Gasteiger charge is 2.29. The van der Waals surface area contributed by atoms with E-state index in [9.17, 15) is 18.0 Å². The molecule has 1 amide bonds. The Morgan fingerprint density at radius 3 is 2.38 bits per heavy atom. The average molecular weight is 540 g/mol. The van der Waals surface area contributed by atoms with E-state index in [4.69, 9.17) is 0 Å². The highest BCUT2D eigenvalue weighted by atomic mass is 32.2. The Kier molecular flexibility index (Phi) is 6.87. The highest BCUT2D eigenvalue weighted by Crippen LogP contribution is 2.27. The summed E-state index contributed by atoms with van der Waals surface area (Å²) in [7, 11) is -1.12. The maximum absolute atomic E-state index is 13.6. The molecule has 2 aromatic carbocycles. The lowest BCUT2D eigenvalue weighted by atomic mass is 9.93. The normalized spacial score (nSPS) is 11.9. The van der Waals surface area contributed by atoms with Crippen molar-refractivity contribution in [3.05, 3.63) is 87.3 Å². The van der Waals surface area contributed by atoms with Crippen molar-refractivity contribution in [2.45, 2.75) is 38.0 Å². The lowest BCUT2D eigenvalue weighted by Gasteiger charge is -2.18. The number of aromatic nitrogens is 3. The Morgan fingerprint density at radius 1 is 1.08 bits per heavy atom. The summed E-state index contributed by atoms with van der Waals surface area (Å²) in [6.45, 7) is 7.77. The molecule has 2 heterocycles. The van der Waals surface area contributed by atoms with Gasteiger partial charge in [0, 0.05) is 30.5 Å². The summed E-state index contributed by atoms with van der Waals surface area (Å²) in [5.74, 6) is -0.475. The number of hydrogen-bond acceptors (Lipinski definition) is 6. The zero-order valence-electron chi connectivity index (χ0n) is 21.5. The molecular weight excluding hydrogens is 510 g/mol. The third-order valence-electron chi connectivity index (χ3n) is 6.09. The van der Waals surface area contributed by atoms with Gasteiger partial charge in [0.1, 0.15) is 5.69 Å². The molecule has 11 heteroatoms. The van der Waals surface area contributed by atoms with Crippen molar-refractivity contribution < 1.29 is 13.2 Å². The molecule has 0 saturated carbocycles. The van der Waals surface area contributed by atoms with Gasteiger partial charge in [-0.25, -0.2) is 18.1 Å². The molecule has 37 heavy (non-hydrogen) atoms. The van der Waals surface area contributed by atoms with Crippen molar-refractivity contribution in [3.63, 3.8) is 0 Å². The number of amides is 1. The minimum absolute atomic E-state index is 0.0266. The van der Waals surface area contributed by atoms with Crippen LogP contribution in [0.1, 0.15) is 42.5 Å². The van der Waals surface area contributed by atoms with Gasteiger partial charge in [0.05, 0.1) is 22.0 Å². The van der Waals surface area contributed by atoms with Gasteiger partial charge in [-0.05, 0) is 37.3 Å². The van der Waals surface area contributed by atoms with E-state index in [-0.39, 0.29) is 21.6 Å². The van der Waals surface area contributed by atoms with Crippen LogP contribution in [0.3, 0.4) is 0 Å². The fourth-order valence-electron chi connectivity index (χ4n) is 3.84. The fourth-order valence-corrected chi connectivity index (χ4v) is 6.06. The summed E-state index contributed by atoms with van der Waals surface area (Å²) >= 11 is 1.31. The second kappa shape index (κ2) is 9.64. The van der Waals surface area contributed by atoms with Crippen LogP contribution >= 0.6 is 11.3 Å². The van der Waals surface area contributed by atoms with Crippen molar-refractivity contribution in [2.75, 3.05) is 16.7 Å². The van der Waals surface area contributed by atoms with E-state index in [1.807, 2.05) is 32.2 Å². The minimum Gasteiger partial charge on any atom is -0.298 e. The molecule has 2 aromatic heterocycles. The maximum atomic E-state index is 13.6. The SMILES string of the molecule is Cc1c(N(C)S(=O)(=O)c2cccc(C(=O)Nc3nc(C(C)(C)C)cs3)c2)c(=O)n(-c2ccccc2)n1C. The van der Waals surface area contributed by atoms with Crippen LogP contribution in [-0.4, -0.2) is 35.7 Å². The Morgan fingerprint density at radius 2 is 1.76 bits per heavy atom. The number of carbonyl (C=O) groups is 1. The van der Waals surface area contributed by atoms with E-state index >= 15 is 0 Å². The Labute approximate surface area is 220 Å². The van der Waals surface area contributed by atoms with Crippen molar-refractivity contribution in [1.82, 2.24) is 14.3 Å². The van der Waals surface area contributed by atoms with E-state index in [0.29, 0.717) is 16.5 Å². The molecule has 0 fully saturated rings. The molecule has 0 aliphatic carbocycles. The summed E-state index contributed by atoms with van der Waals surface area (Å²) in [6, 6.07) is 14.7. The van der Waals surface area contributed by atoms with Crippen LogP contribution in [0.5, 0.6) is 0 Å². The van der Waals surface area contributed by atoms with Crippen LogP contribution in [0.4, 0.5) is 10.8 Å². The first-order chi connectivity index (χ1) is 17.3. The molecule has 1 N–H and O–H groups in total. The first-order valence-electron chi connectivity index (χ1n) is 11.5. The van der Waals surface area contributed by atoms with Crippen LogP contribution in [-0.2, 0) is 22.5 Å². The van der Waals surface area contributed by atoms with Crippen molar-refractivity contribution >= 4 is 38.1 Å². The number of carbonyl (C=O) groups excluding carboxylic acids is 1. The standard InChI is InChI=1S/C26H29N5O4S2/c1-17-22(24(33)31(29(17)5)19-12-8-7-9-13-19)30(6)37(34,35)20-14-10-11-18(15-20)23(32)28-25-27-21(16-36-25)26(2,3)4/h7-16H,1-6H3,(H,27,28,32). The van der Waals surface area contributed by atoms with Gasteiger partial charge in [-0.3, -0.25) is 23.9 Å². The zero-order chi connectivity index (χ0) is 27.1. The molecule has 0 aliphatic rings. The van der Waals surface area contributed by atoms with Gasteiger partial charge < -0.3 is 0 Å². The third kappa shape index (κ3) is 4.96. The molecule has 0 saturated heterocycles. The van der Waals surface area contributed by atoms with Gasteiger partial charge in [-0.1, -0.05) is 45.0 Å². The minimum atomic E-state index is -4.15. The van der Waals surface area contributed by atoms with Crippen LogP contribution in [0.2, 0.25) is 0 Å². The van der Waals surface area contributed by atoms with Gasteiger partial charge in [0.2, 0.25) is 0 Å². The molecule has 0 bridgehead atoms. The number of sulfonamides is 1. The number of rotatable bonds is 6. The van der Waals surface area contributed by atoms with Gasteiger partial charge >= 0.3 is 0 Å². The quantitative estimate of drug-likeness (QED) is 0.393. The Balaban J connectivity index is 1.65. The number of hydrogen-bond donors (Lipinski definition) is 1. The van der Waals surface area contributed by atoms with E-state index in [1.54, 1.807) is 42.9 Å². The number of para-hydroxylation sites is 1. The lowest BCUT2D eigenvalue weighted by molar-refractivity contribution is 0.102. The summed E-state index contributed by atoms with van der Waals surface area (Å²) < 4.78 is 31.1. The molecule has 4 rings (SSSR count). The smallest absolute Gasteiger partial charge is 0.296 e. The zero-order valence-corrected chi connectivity index (χ0v) is 23.1. The molecule has 0 atom stereocenters. The summed E-state index contributed by atoms with van der Waals surface area (Å²) in [4.78, 5) is 30.6. The van der Waals surface area contributed by atoms with Crippen molar-refractivity contribution in [2.24, 2.45) is 7.05 Å². The molecule has 194 valence electrons. The molecule has 9 nitrogen and oxygen atoms in total. The maximum Gasteiger partial charge on any atom is 0.296 e. The number of benzene rings is 2. The number of nitrogens with zero attached hydrogens (tertiary/aromatic N) is 4. The summed E-state index contributed by atoms with van der Waals surface area (Å²) in [5, 5.41) is 5.06. The van der Waals surface area contributed by atoms with Crippen molar-refractivity contribution in [1.29, 1.82) is 0 Å². The molecular formula is C26H29N5O4S2. The predicted octanol–water partition coefficient (Wildman–Crippen LogP) is 4.32. The van der Waals surface area contributed by atoms with Crippen LogP contribution in [0.15, 0.2) is 69.7 Å². The predicted molar refractivity (Wildman–Crippen MR) is 147 cm³/mol.